The standard InChI is InChI=1S/C22H29F2N5O4/c1-22(2)32-18-15(9-16(19(18)33-22)31-6-5-30)29-21(26)17(28-29)20(25)27-14-8-11(14)10-3-4-12(23)13(24)7-10/h3-4,7,11,14-16,18-19,28,30H,5-6,8-9,26H2,1-2H3,(H2,25,27). The number of rotatable bonds is 7. The van der Waals surface area contributed by atoms with Crippen LogP contribution in [0.3, 0.4) is 0 Å². The fourth-order valence-corrected chi connectivity index (χ4v) is 4.95. The second-order valence-electron chi connectivity index (χ2n) is 9.34. The summed E-state index contributed by atoms with van der Waals surface area (Å²) in [6.07, 6.45) is 0.533. The Labute approximate surface area is 189 Å². The van der Waals surface area contributed by atoms with E-state index >= 15 is 0 Å². The number of nitrogens with two attached hydrogens (primary N) is 2. The molecule has 11 heteroatoms. The summed E-state index contributed by atoms with van der Waals surface area (Å²) in [5, 5.41) is 12.3. The van der Waals surface area contributed by atoms with Crippen LogP contribution in [-0.4, -0.2) is 64.1 Å². The highest BCUT2D eigenvalue weighted by molar-refractivity contribution is 6.00. The molecule has 9 nitrogen and oxygen atoms in total. The minimum absolute atomic E-state index is 0.00273. The van der Waals surface area contributed by atoms with Crippen LogP contribution in [0.25, 0.3) is 0 Å². The molecule has 3 fully saturated rings. The first-order valence-corrected chi connectivity index (χ1v) is 11.1. The highest BCUT2D eigenvalue weighted by atomic mass is 19.2. The van der Waals surface area contributed by atoms with E-state index in [9.17, 15) is 8.78 Å². The van der Waals surface area contributed by atoms with Crippen LogP contribution in [0, 0.1) is 11.6 Å². The summed E-state index contributed by atoms with van der Waals surface area (Å²) >= 11 is 0. The topological polar surface area (TPSA) is 133 Å². The lowest BCUT2D eigenvalue weighted by molar-refractivity contribution is -0.171. The average Bonchev–Trinajstić information content (AvgIpc) is 3.34. The van der Waals surface area contributed by atoms with Crippen LogP contribution in [0.15, 0.2) is 23.2 Å². The molecular weight excluding hydrogens is 436 g/mol. The minimum Gasteiger partial charge on any atom is -0.394 e. The number of ether oxygens (including phenoxy) is 3. The first-order chi connectivity index (χ1) is 15.7. The number of hydrogen-bond acceptors (Lipinski definition) is 6. The summed E-state index contributed by atoms with van der Waals surface area (Å²) in [7, 11) is 0. The summed E-state index contributed by atoms with van der Waals surface area (Å²) in [4.78, 5) is 4.52. The first kappa shape index (κ1) is 22.3. The number of halogens is 2. The van der Waals surface area contributed by atoms with Crippen LogP contribution in [0.1, 0.15) is 49.9 Å². The fourth-order valence-electron chi connectivity index (χ4n) is 4.95. The molecule has 2 aromatic rings. The molecule has 0 radical (unpaired) electrons. The molecule has 5 rings (SSSR count). The van der Waals surface area contributed by atoms with E-state index in [-0.39, 0.29) is 55.4 Å². The van der Waals surface area contributed by atoms with E-state index < -0.39 is 17.4 Å². The van der Waals surface area contributed by atoms with Crippen molar-refractivity contribution in [2.45, 2.75) is 68.8 Å². The lowest BCUT2D eigenvalue weighted by Crippen LogP contribution is -2.35. The molecule has 180 valence electrons. The van der Waals surface area contributed by atoms with Crippen LogP contribution in [0.4, 0.5) is 14.6 Å². The normalized spacial score (nSPS) is 32.9. The Morgan fingerprint density at radius 1 is 1.27 bits per heavy atom. The maximum Gasteiger partial charge on any atom is 0.164 e. The van der Waals surface area contributed by atoms with E-state index in [1.165, 1.54) is 6.07 Å². The van der Waals surface area contributed by atoms with E-state index in [1.54, 1.807) is 10.7 Å². The lowest BCUT2D eigenvalue weighted by Gasteiger charge is -2.29. The third-order valence-electron chi connectivity index (χ3n) is 6.58. The number of aliphatic hydroxyl groups excluding tert-OH is 1. The number of nitrogens with one attached hydrogen (secondary N) is 1. The second-order valence-corrected chi connectivity index (χ2v) is 9.34. The first-order valence-electron chi connectivity index (χ1n) is 11.1. The molecule has 0 spiro atoms. The van der Waals surface area contributed by atoms with Gasteiger partial charge >= 0.3 is 0 Å². The van der Waals surface area contributed by atoms with Gasteiger partial charge in [0.2, 0.25) is 0 Å². The van der Waals surface area contributed by atoms with Crippen LogP contribution >= 0.6 is 0 Å². The van der Waals surface area contributed by atoms with Crippen molar-refractivity contribution in [2.75, 3.05) is 18.9 Å². The van der Waals surface area contributed by atoms with Crippen LogP contribution in [0.2, 0.25) is 0 Å². The van der Waals surface area contributed by atoms with Gasteiger partial charge in [0.15, 0.2) is 17.4 Å². The van der Waals surface area contributed by atoms with Gasteiger partial charge in [-0.3, -0.25) is 14.8 Å². The third-order valence-corrected chi connectivity index (χ3v) is 6.58. The molecule has 1 aliphatic heterocycles. The highest BCUT2D eigenvalue weighted by Crippen LogP contribution is 2.47. The van der Waals surface area contributed by atoms with Crippen LogP contribution < -0.4 is 11.5 Å². The zero-order valence-electron chi connectivity index (χ0n) is 18.5. The van der Waals surface area contributed by atoms with Crippen molar-refractivity contribution in [3.63, 3.8) is 0 Å². The van der Waals surface area contributed by atoms with Crippen molar-refractivity contribution in [3.05, 3.63) is 41.1 Å². The number of nitrogen functional groups attached to an aromatic ring is 1. The second kappa shape index (κ2) is 8.08. The van der Waals surface area contributed by atoms with E-state index in [4.69, 9.17) is 30.8 Å². The van der Waals surface area contributed by atoms with E-state index in [2.05, 4.69) is 10.1 Å². The largest absolute Gasteiger partial charge is 0.394 e. The van der Waals surface area contributed by atoms with Gasteiger partial charge in [-0.15, -0.1) is 0 Å². The molecular formula is C22H29F2N5O4. The fraction of sp³-hybridized carbons (Fsp3) is 0.591. The van der Waals surface area contributed by atoms with Gasteiger partial charge in [-0.05, 0) is 38.0 Å². The third kappa shape index (κ3) is 4.03. The number of anilines is 1. The molecule has 33 heavy (non-hydrogen) atoms. The predicted octanol–water partition coefficient (Wildman–Crippen LogP) is 1.78. The Hall–Kier alpha value is -2.47. The maximum absolute atomic E-state index is 13.5. The Morgan fingerprint density at radius 2 is 2.03 bits per heavy atom. The monoisotopic (exact) mass is 465 g/mol. The van der Waals surface area contributed by atoms with Gasteiger partial charge in [0.25, 0.3) is 0 Å². The number of H-pyrrole nitrogens is 1. The van der Waals surface area contributed by atoms with E-state index in [1.807, 2.05) is 13.8 Å². The van der Waals surface area contributed by atoms with Gasteiger partial charge in [0.1, 0.15) is 29.6 Å². The quantitative estimate of drug-likeness (QED) is 0.364. The molecule has 6 unspecified atom stereocenters. The Kier molecular flexibility index (Phi) is 5.47. The van der Waals surface area contributed by atoms with Gasteiger partial charge in [-0.1, -0.05) is 6.07 Å². The number of fused-ring (bicyclic) bond motifs is 1. The molecule has 2 aliphatic carbocycles. The number of aromatic nitrogens is 2. The van der Waals surface area contributed by atoms with Crippen molar-refractivity contribution in [1.82, 2.24) is 9.78 Å². The Bertz CT molecular complexity index is 1070. The molecule has 1 aromatic heterocycles. The smallest absolute Gasteiger partial charge is 0.164 e. The average molecular weight is 466 g/mol. The number of hydrogen-bond donors (Lipinski definition) is 4. The zero-order chi connectivity index (χ0) is 23.5. The van der Waals surface area contributed by atoms with Gasteiger partial charge in [0, 0.05) is 12.3 Å². The molecule has 1 saturated heterocycles. The molecule has 0 amide bonds. The van der Waals surface area contributed by atoms with E-state index in [0.717, 1.165) is 6.07 Å². The van der Waals surface area contributed by atoms with Crippen LogP contribution in [0.5, 0.6) is 0 Å². The SMILES string of the molecule is CC1(C)OC2C(OCCO)CC(n3[nH]c(C(N)=NC4CC4c4ccc(F)c(F)c4)c3N)C2O1. The highest BCUT2D eigenvalue weighted by Gasteiger charge is 2.56. The summed E-state index contributed by atoms with van der Waals surface area (Å²) in [5.74, 6) is -1.76. The summed E-state index contributed by atoms with van der Waals surface area (Å²) in [6, 6.07) is 3.66. The molecule has 2 heterocycles. The van der Waals surface area contributed by atoms with Crippen molar-refractivity contribution in [1.29, 1.82) is 0 Å². The van der Waals surface area contributed by atoms with Crippen molar-refractivity contribution in [3.8, 4) is 0 Å². The Balaban J connectivity index is 1.29. The van der Waals surface area contributed by atoms with E-state index in [0.29, 0.717) is 29.9 Å². The number of nitrogens with zero attached hydrogens (tertiary/aromatic N) is 2. The van der Waals surface area contributed by atoms with Crippen molar-refractivity contribution >= 4 is 11.7 Å². The number of aliphatic imine (C=N–C) groups is 1. The van der Waals surface area contributed by atoms with Crippen LogP contribution in [-0.2, 0) is 14.2 Å². The van der Waals surface area contributed by atoms with Gasteiger partial charge in [0.05, 0.1) is 31.4 Å². The maximum atomic E-state index is 13.5. The number of benzene rings is 1. The number of amidine groups is 1. The minimum atomic E-state index is -0.867. The summed E-state index contributed by atoms with van der Waals surface area (Å²) in [6.45, 7) is 3.85. The number of aliphatic hydroxyl groups is 1. The van der Waals surface area contributed by atoms with Crippen molar-refractivity contribution in [2.24, 2.45) is 10.7 Å². The molecule has 0 bridgehead atoms. The summed E-state index contributed by atoms with van der Waals surface area (Å²) < 4.78 is 46.4. The van der Waals surface area contributed by atoms with Gasteiger partial charge < -0.3 is 30.8 Å². The zero-order valence-corrected chi connectivity index (χ0v) is 18.5. The van der Waals surface area contributed by atoms with Crippen molar-refractivity contribution < 1.29 is 28.1 Å². The van der Waals surface area contributed by atoms with Gasteiger partial charge in [-0.2, -0.15) is 0 Å². The summed E-state index contributed by atoms with van der Waals surface area (Å²) in [5.41, 5.74) is 13.8. The molecule has 1 aromatic carbocycles. The van der Waals surface area contributed by atoms with Gasteiger partial charge in [-0.25, -0.2) is 8.78 Å². The lowest BCUT2D eigenvalue weighted by atomic mass is 10.1. The Morgan fingerprint density at radius 3 is 2.73 bits per heavy atom. The predicted molar refractivity (Wildman–Crippen MR) is 116 cm³/mol. The molecule has 6 atom stereocenters. The molecule has 3 aliphatic rings. The molecule has 6 N–H and O–H groups in total. The molecule has 2 saturated carbocycles. The number of aromatic amines is 1.